The maximum Gasteiger partial charge on any atom is 1.00 e. The van der Waals surface area contributed by atoms with Gasteiger partial charge in [0.05, 0.1) is 6.61 Å². The van der Waals surface area contributed by atoms with E-state index in [0.717, 1.165) is 17.7 Å². The topological polar surface area (TPSA) is 9.23 Å². The second-order valence-corrected chi connectivity index (χ2v) is 4.23. The summed E-state index contributed by atoms with van der Waals surface area (Å²) in [6.07, 6.45) is 0.669. The fraction of sp³-hybridized carbons (Fsp3) is 0.143. The predicted molar refractivity (Wildman–Crippen MR) is 70.8 cm³/mol. The van der Waals surface area contributed by atoms with Crippen molar-refractivity contribution in [3.8, 4) is 5.75 Å². The van der Waals surface area contributed by atoms with Gasteiger partial charge >= 0.3 is 58.4 Å². The molecular weight excluding hydrogens is 291 g/mol. The number of rotatable bonds is 5. The summed E-state index contributed by atoms with van der Waals surface area (Å²) in [5.41, 5.74) is 0.468. The van der Waals surface area contributed by atoms with Crippen molar-refractivity contribution in [3.05, 3.63) is 60.2 Å². The van der Waals surface area contributed by atoms with Crippen molar-refractivity contribution in [1.29, 1.82) is 0 Å². The van der Waals surface area contributed by atoms with Gasteiger partial charge in [0.25, 0.3) is 0 Å². The molecule has 0 saturated heterocycles. The zero-order valence-electron chi connectivity index (χ0n) is 11.2. The number of benzene rings is 2. The van der Waals surface area contributed by atoms with Crippen molar-refractivity contribution >= 4 is 12.4 Å². The van der Waals surface area contributed by atoms with Crippen LogP contribution in [0.2, 0.25) is 0 Å². The Labute approximate surface area is 159 Å². The Morgan fingerprint density at radius 1 is 0.900 bits per heavy atom. The maximum atomic E-state index is 12.6. The van der Waals surface area contributed by atoms with Crippen LogP contribution in [-0.2, 0) is 6.42 Å². The van der Waals surface area contributed by atoms with E-state index in [9.17, 15) is 12.9 Å². The van der Waals surface area contributed by atoms with Gasteiger partial charge in [-0.25, -0.2) is 0 Å². The summed E-state index contributed by atoms with van der Waals surface area (Å²) in [6, 6.07) is 14.7. The smallest absolute Gasteiger partial charge is 0.493 e. The summed E-state index contributed by atoms with van der Waals surface area (Å²) in [7, 11) is 0. The molecule has 20 heavy (non-hydrogen) atoms. The maximum absolute atomic E-state index is 12.6. The van der Waals surface area contributed by atoms with E-state index < -0.39 is 12.4 Å². The third kappa shape index (κ3) is 5.62. The van der Waals surface area contributed by atoms with Gasteiger partial charge in [-0.1, -0.05) is 42.5 Å². The van der Waals surface area contributed by atoms with Gasteiger partial charge in [-0.05, 0) is 17.7 Å². The fourth-order valence-electron chi connectivity index (χ4n) is 1.74. The number of ether oxygens (including phenoxy) is 1. The van der Waals surface area contributed by atoms with E-state index in [1.165, 1.54) is 12.1 Å². The molecule has 2 rings (SSSR count). The summed E-state index contributed by atoms with van der Waals surface area (Å²) in [4.78, 5) is 0. The van der Waals surface area contributed by atoms with Crippen LogP contribution in [-0.4, -0.2) is 13.6 Å². The molecule has 0 aliphatic carbocycles. The Balaban J connectivity index is 0.00000200. The van der Waals surface area contributed by atoms with Crippen molar-refractivity contribution in [3.63, 3.8) is 0 Å². The normalized spacial score (nSPS) is 10.8. The van der Waals surface area contributed by atoms with E-state index in [0.29, 0.717) is 13.0 Å². The van der Waals surface area contributed by atoms with Crippen LogP contribution in [0.15, 0.2) is 54.6 Å². The van der Waals surface area contributed by atoms with Crippen molar-refractivity contribution in [2.45, 2.75) is 6.42 Å². The van der Waals surface area contributed by atoms with Gasteiger partial charge in [-0.15, -0.1) is 5.46 Å². The van der Waals surface area contributed by atoms with Crippen molar-refractivity contribution < 1.29 is 69.1 Å². The Bertz CT molecular complexity index is 531. The van der Waals surface area contributed by atoms with Crippen LogP contribution >= 0.6 is 0 Å². The van der Waals surface area contributed by atoms with E-state index in [-0.39, 0.29) is 57.1 Å². The Morgan fingerprint density at radius 3 is 2.25 bits per heavy atom. The minimum absolute atomic E-state index is 0. The molecule has 2 aromatic rings. The van der Waals surface area contributed by atoms with Crippen LogP contribution in [0, 0.1) is 0 Å². The Kier molecular flexibility index (Phi) is 7.33. The molecule has 1 nitrogen and oxygen atoms in total. The van der Waals surface area contributed by atoms with Crippen LogP contribution in [0.1, 0.15) is 5.56 Å². The van der Waals surface area contributed by atoms with Gasteiger partial charge in [0.15, 0.2) is 0 Å². The largest absolute Gasteiger partial charge is 1.00 e. The van der Waals surface area contributed by atoms with E-state index in [1.54, 1.807) is 0 Å². The first-order valence-corrected chi connectivity index (χ1v) is 6.02. The molecule has 0 heterocycles. The molecule has 0 radical (unpaired) electrons. The summed E-state index contributed by atoms with van der Waals surface area (Å²) in [5, 5.41) is 0. The third-order valence-corrected chi connectivity index (χ3v) is 2.74. The number of hydrogen-bond donors (Lipinski definition) is 0. The minimum Gasteiger partial charge on any atom is -0.493 e. The average molecular weight is 304 g/mol. The van der Waals surface area contributed by atoms with Crippen LogP contribution in [0.3, 0.4) is 0 Å². The minimum atomic E-state index is -4.97. The van der Waals surface area contributed by atoms with E-state index >= 15 is 0 Å². The molecule has 0 bridgehead atoms. The van der Waals surface area contributed by atoms with E-state index in [1.807, 2.05) is 30.3 Å². The average Bonchev–Trinajstić information content (AvgIpc) is 2.39. The van der Waals surface area contributed by atoms with Gasteiger partial charge in [0.1, 0.15) is 5.75 Å². The van der Waals surface area contributed by atoms with Gasteiger partial charge in [-0.3, -0.25) is 0 Å². The van der Waals surface area contributed by atoms with Gasteiger partial charge < -0.3 is 17.7 Å². The summed E-state index contributed by atoms with van der Waals surface area (Å²) >= 11 is 0. The summed E-state index contributed by atoms with van der Waals surface area (Å²) in [6.45, 7) is -4.61. The molecule has 0 aromatic heterocycles. The van der Waals surface area contributed by atoms with Crippen molar-refractivity contribution in [2.24, 2.45) is 0 Å². The second kappa shape index (κ2) is 8.24. The molecule has 0 aliphatic rings. The Morgan fingerprint density at radius 2 is 1.60 bits per heavy atom. The molecular formula is C14H13BF3KO. The molecule has 0 spiro atoms. The van der Waals surface area contributed by atoms with Crippen LogP contribution < -0.4 is 61.6 Å². The first kappa shape index (κ1) is 17.8. The molecule has 0 fully saturated rings. The molecule has 2 aromatic carbocycles. The van der Waals surface area contributed by atoms with Gasteiger partial charge in [0, 0.05) is 6.42 Å². The van der Waals surface area contributed by atoms with Gasteiger partial charge in [-0.2, -0.15) is 0 Å². The third-order valence-electron chi connectivity index (χ3n) is 2.74. The monoisotopic (exact) mass is 304 g/mol. The molecule has 0 amide bonds. The molecule has 0 saturated carbocycles. The Hall–Kier alpha value is -0.269. The standard InChI is InChI=1S/C14H13BF3O.K/c16-15(17,18)13-7-4-8-14(11-13)19-10-9-12-5-2-1-3-6-12;/h1-8,11H,9-10H2;/q-1;+1. The van der Waals surface area contributed by atoms with E-state index in [2.05, 4.69) is 0 Å². The van der Waals surface area contributed by atoms with Gasteiger partial charge in [0.2, 0.25) is 0 Å². The van der Waals surface area contributed by atoms with E-state index in [4.69, 9.17) is 4.74 Å². The van der Waals surface area contributed by atoms with Crippen molar-refractivity contribution in [1.82, 2.24) is 0 Å². The molecule has 0 N–H and O–H groups in total. The molecule has 0 unspecified atom stereocenters. The first-order valence-electron chi connectivity index (χ1n) is 6.02. The van der Waals surface area contributed by atoms with Crippen LogP contribution in [0.5, 0.6) is 5.75 Å². The predicted octanol–water partition coefficient (Wildman–Crippen LogP) is 0.366. The first-order chi connectivity index (χ1) is 9.05. The molecule has 0 aliphatic heterocycles. The molecule has 6 heteroatoms. The summed E-state index contributed by atoms with van der Waals surface area (Å²) < 4.78 is 43.0. The zero-order chi connectivity index (χ0) is 13.7. The van der Waals surface area contributed by atoms with Crippen molar-refractivity contribution in [2.75, 3.05) is 6.61 Å². The number of halogens is 3. The quantitative estimate of drug-likeness (QED) is 0.725. The zero-order valence-corrected chi connectivity index (χ0v) is 14.4. The second-order valence-electron chi connectivity index (χ2n) is 4.23. The number of hydrogen-bond acceptors (Lipinski definition) is 1. The summed E-state index contributed by atoms with van der Waals surface area (Å²) in [5.74, 6) is 0.257. The SMILES string of the molecule is F[B-](F)(F)c1cccc(OCCc2ccccc2)c1.[K+]. The fourth-order valence-corrected chi connectivity index (χ4v) is 1.74. The van der Waals surface area contributed by atoms with Crippen LogP contribution in [0.4, 0.5) is 12.9 Å². The van der Waals surface area contributed by atoms with Crippen LogP contribution in [0.25, 0.3) is 0 Å². The molecule has 100 valence electrons. The molecule has 0 atom stereocenters.